The number of hydrogen-bond donors (Lipinski definition) is 2. The van der Waals surface area contributed by atoms with E-state index in [0.717, 1.165) is 37.4 Å². The Morgan fingerprint density at radius 2 is 2.36 bits per heavy atom. The minimum atomic E-state index is -0.0286. The van der Waals surface area contributed by atoms with Crippen LogP contribution in [-0.2, 0) is 12.8 Å². The summed E-state index contributed by atoms with van der Waals surface area (Å²) in [5.74, 6) is 1.48. The number of aryl methyl sites for hydroxylation is 1. The van der Waals surface area contributed by atoms with E-state index in [2.05, 4.69) is 15.3 Å². The maximum atomic E-state index is 11.2. The van der Waals surface area contributed by atoms with Gasteiger partial charge in [-0.1, -0.05) is 6.92 Å². The molecule has 0 unspecified atom stereocenters. The molecule has 0 radical (unpaired) electrons. The third-order valence-electron chi connectivity index (χ3n) is 2.55. The van der Waals surface area contributed by atoms with Gasteiger partial charge in [0, 0.05) is 18.2 Å². The first-order chi connectivity index (χ1) is 6.78. The molecule has 1 aromatic rings. The molecule has 2 rings (SSSR count). The molecule has 1 saturated heterocycles. The molecular formula is C10H15N3O. The summed E-state index contributed by atoms with van der Waals surface area (Å²) in [4.78, 5) is 18.4. The van der Waals surface area contributed by atoms with E-state index in [9.17, 15) is 4.79 Å². The van der Waals surface area contributed by atoms with Gasteiger partial charge in [0.2, 0.25) is 0 Å². The predicted octanol–water partition coefficient (Wildman–Crippen LogP) is 0.0942. The van der Waals surface area contributed by atoms with Gasteiger partial charge in [-0.05, 0) is 25.4 Å². The molecule has 1 aliphatic rings. The van der Waals surface area contributed by atoms with Crippen LogP contribution >= 0.6 is 0 Å². The Kier molecular flexibility index (Phi) is 2.63. The van der Waals surface area contributed by atoms with Crippen molar-refractivity contribution >= 4 is 0 Å². The lowest BCUT2D eigenvalue weighted by Gasteiger charge is -2.26. The number of nitrogens with one attached hydrogen (secondary N) is 2. The van der Waals surface area contributed by atoms with E-state index in [1.165, 1.54) is 0 Å². The Labute approximate surface area is 82.8 Å². The number of H-pyrrole nitrogens is 1. The van der Waals surface area contributed by atoms with E-state index in [4.69, 9.17) is 0 Å². The quantitative estimate of drug-likeness (QED) is 0.715. The van der Waals surface area contributed by atoms with Crippen molar-refractivity contribution in [2.45, 2.75) is 19.8 Å². The molecule has 2 N–H and O–H groups in total. The average molecular weight is 193 g/mol. The summed E-state index contributed by atoms with van der Waals surface area (Å²) in [6.07, 6.45) is 1.70. The minimum Gasteiger partial charge on any atom is -0.316 e. The Morgan fingerprint density at radius 1 is 1.57 bits per heavy atom. The highest BCUT2D eigenvalue weighted by molar-refractivity contribution is 5.03. The van der Waals surface area contributed by atoms with Crippen molar-refractivity contribution in [3.63, 3.8) is 0 Å². The van der Waals surface area contributed by atoms with Crippen LogP contribution in [0, 0.1) is 5.92 Å². The summed E-state index contributed by atoms with van der Waals surface area (Å²) < 4.78 is 0. The van der Waals surface area contributed by atoms with Crippen molar-refractivity contribution in [3.8, 4) is 0 Å². The third-order valence-corrected chi connectivity index (χ3v) is 2.55. The van der Waals surface area contributed by atoms with E-state index >= 15 is 0 Å². The number of aromatic amines is 1. The van der Waals surface area contributed by atoms with Crippen LogP contribution < -0.4 is 10.9 Å². The monoisotopic (exact) mass is 193 g/mol. The van der Waals surface area contributed by atoms with Crippen LogP contribution in [0.15, 0.2) is 10.9 Å². The fourth-order valence-corrected chi connectivity index (χ4v) is 1.61. The smallest absolute Gasteiger partial charge is 0.251 e. The predicted molar refractivity (Wildman–Crippen MR) is 54.3 cm³/mol. The largest absolute Gasteiger partial charge is 0.316 e. The van der Waals surface area contributed by atoms with Gasteiger partial charge in [0.05, 0.1) is 0 Å². The summed E-state index contributed by atoms with van der Waals surface area (Å²) in [5, 5.41) is 3.20. The molecule has 0 bridgehead atoms. The molecule has 0 aliphatic carbocycles. The van der Waals surface area contributed by atoms with Crippen LogP contribution in [0.4, 0.5) is 0 Å². The zero-order valence-corrected chi connectivity index (χ0v) is 8.34. The van der Waals surface area contributed by atoms with Crippen LogP contribution in [0.5, 0.6) is 0 Å². The lowest BCUT2D eigenvalue weighted by Crippen LogP contribution is -2.43. The van der Waals surface area contributed by atoms with Gasteiger partial charge in [-0.25, -0.2) is 4.98 Å². The molecule has 4 nitrogen and oxygen atoms in total. The van der Waals surface area contributed by atoms with Crippen LogP contribution in [0.2, 0.25) is 0 Å². The minimum absolute atomic E-state index is 0.0286. The molecule has 0 amide bonds. The molecule has 76 valence electrons. The Bertz CT molecular complexity index is 368. The number of nitrogens with zero attached hydrogens (tertiary/aromatic N) is 1. The van der Waals surface area contributed by atoms with Crippen LogP contribution in [0.3, 0.4) is 0 Å². The second-order valence-electron chi connectivity index (χ2n) is 3.77. The van der Waals surface area contributed by atoms with Gasteiger partial charge < -0.3 is 10.3 Å². The molecule has 4 heteroatoms. The number of aromatic nitrogens is 2. The van der Waals surface area contributed by atoms with Crippen molar-refractivity contribution in [2.75, 3.05) is 13.1 Å². The first kappa shape index (κ1) is 9.40. The highest BCUT2D eigenvalue weighted by Gasteiger charge is 2.18. The molecular weight excluding hydrogens is 178 g/mol. The van der Waals surface area contributed by atoms with Crippen molar-refractivity contribution in [1.29, 1.82) is 0 Å². The summed E-state index contributed by atoms with van der Waals surface area (Å²) in [6.45, 7) is 4.09. The lowest BCUT2D eigenvalue weighted by atomic mass is 9.99. The molecule has 1 aromatic heterocycles. The highest BCUT2D eigenvalue weighted by atomic mass is 16.1. The third kappa shape index (κ3) is 2.01. The van der Waals surface area contributed by atoms with Gasteiger partial charge in [0.15, 0.2) is 0 Å². The molecule has 1 fully saturated rings. The second kappa shape index (κ2) is 3.92. The maximum absolute atomic E-state index is 11.2. The molecule has 2 heterocycles. The zero-order valence-electron chi connectivity index (χ0n) is 8.34. The van der Waals surface area contributed by atoms with Crippen molar-refractivity contribution < 1.29 is 0 Å². The fourth-order valence-electron chi connectivity index (χ4n) is 1.61. The Morgan fingerprint density at radius 3 is 2.93 bits per heavy atom. The lowest BCUT2D eigenvalue weighted by molar-refractivity contribution is 0.340. The Balaban J connectivity index is 2.15. The first-order valence-electron chi connectivity index (χ1n) is 5.07. The summed E-state index contributed by atoms with van der Waals surface area (Å²) in [6, 6.07) is 1.57. The van der Waals surface area contributed by atoms with E-state index in [0.29, 0.717) is 5.92 Å². The van der Waals surface area contributed by atoms with Gasteiger partial charge in [-0.15, -0.1) is 0 Å². The van der Waals surface area contributed by atoms with Gasteiger partial charge in [-0.2, -0.15) is 0 Å². The van der Waals surface area contributed by atoms with E-state index in [-0.39, 0.29) is 5.56 Å². The molecule has 0 spiro atoms. The van der Waals surface area contributed by atoms with Crippen LogP contribution in [-0.4, -0.2) is 23.1 Å². The molecule has 1 aliphatic heterocycles. The van der Waals surface area contributed by atoms with Crippen molar-refractivity contribution in [2.24, 2.45) is 5.92 Å². The van der Waals surface area contributed by atoms with Crippen LogP contribution in [0.1, 0.15) is 18.4 Å². The van der Waals surface area contributed by atoms with Crippen LogP contribution in [0.25, 0.3) is 0 Å². The van der Waals surface area contributed by atoms with Crippen molar-refractivity contribution in [1.82, 2.24) is 15.3 Å². The summed E-state index contributed by atoms with van der Waals surface area (Å²) in [5.41, 5.74) is 0.857. The van der Waals surface area contributed by atoms with E-state index in [1.54, 1.807) is 6.07 Å². The summed E-state index contributed by atoms with van der Waals surface area (Å²) in [7, 11) is 0. The summed E-state index contributed by atoms with van der Waals surface area (Å²) >= 11 is 0. The second-order valence-corrected chi connectivity index (χ2v) is 3.77. The molecule has 0 atom stereocenters. The maximum Gasteiger partial charge on any atom is 0.251 e. The molecule has 0 saturated carbocycles. The van der Waals surface area contributed by atoms with E-state index < -0.39 is 0 Å². The van der Waals surface area contributed by atoms with Gasteiger partial charge in [0.1, 0.15) is 5.82 Å². The van der Waals surface area contributed by atoms with Gasteiger partial charge in [-0.3, -0.25) is 4.79 Å². The fraction of sp³-hybridized carbons (Fsp3) is 0.600. The van der Waals surface area contributed by atoms with Gasteiger partial charge in [0.25, 0.3) is 5.56 Å². The SMILES string of the molecule is CCc1cc(=O)[nH]c(CC2CNC2)n1. The standard InChI is InChI=1S/C10H15N3O/c1-2-8-4-10(14)13-9(12-8)3-7-5-11-6-7/h4,7,11H,2-3,5-6H2,1H3,(H,12,13,14). The molecule has 0 aromatic carbocycles. The van der Waals surface area contributed by atoms with Gasteiger partial charge >= 0.3 is 0 Å². The molecule has 14 heavy (non-hydrogen) atoms. The number of rotatable bonds is 3. The zero-order chi connectivity index (χ0) is 9.97. The van der Waals surface area contributed by atoms with E-state index in [1.807, 2.05) is 6.92 Å². The normalized spacial score (nSPS) is 16.6. The highest BCUT2D eigenvalue weighted by Crippen LogP contribution is 2.08. The number of hydrogen-bond acceptors (Lipinski definition) is 3. The Hall–Kier alpha value is -1.16. The van der Waals surface area contributed by atoms with Crippen molar-refractivity contribution in [3.05, 3.63) is 27.9 Å². The topological polar surface area (TPSA) is 57.8 Å². The first-order valence-corrected chi connectivity index (χ1v) is 5.07. The average Bonchev–Trinajstić information content (AvgIpc) is 2.10.